The quantitative estimate of drug-likeness (QED) is 0.745. The molecule has 1 aromatic heterocycles. The maximum absolute atomic E-state index is 6.10. The lowest BCUT2D eigenvalue weighted by Gasteiger charge is -2.34. The maximum atomic E-state index is 6.10. The Kier molecular flexibility index (Phi) is 5.74. The summed E-state index contributed by atoms with van der Waals surface area (Å²) in [6, 6.07) is 8.17. The molecule has 26 heavy (non-hydrogen) atoms. The number of halogens is 1. The lowest BCUT2D eigenvalue weighted by atomic mass is 10.2. The van der Waals surface area contributed by atoms with Gasteiger partial charge in [0.25, 0.3) is 0 Å². The Morgan fingerprint density at radius 1 is 1.00 bits per heavy atom. The van der Waals surface area contributed by atoms with E-state index in [2.05, 4.69) is 26.5 Å². The molecule has 4 rings (SSSR count). The van der Waals surface area contributed by atoms with E-state index < -0.39 is 0 Å². The fourth-order valence-corrected chi connectivity index (χ4v) is 4.40. The molecule has 2 aliphatic heterocycles. The second kappa shape index (κ2) is 8.21. The van der Waals surface area contributed by atoms with Gasteiger partial charge in [-0.25, -0.2) is 4.68 Å². The molecule has 0 atom stereocenters. The normalized spacial score (nSPS) is 19.3. The summed E-state index contributed by atoms with van der Waals surface area (Å²) < 4.78 is 5.17. The van der Waals surface area contributed by atoms with Crippen molar-refractivity contribution in [3.8, 4) is 0 Å². The minimum absolute atomic E-state index is 0.809. The summed E-state index contributed by atoms with van der Waals surface area (Å²) >= 11 is 11.8. The largest absolute Gasteiger partial charge is 0.304 e. The van der Waals surface area contributed by atoms with Gasteiger partial charge in [0.2, 0.25) is 0 Å². The van der Waals surface area contributed by atoms with Crippen LogP contribution in [0.25, 0.3) is 0 Å². The number of benzene rings is 1. The van der Waals surface area contributed by atoms with Crippen LogP contribution >= 0.6 is 23.8 Å². The van der Waals surface area contributed by atoms with E-state index in [9.17, 15) is 0 Å². The van der Waals surface area contributed by atoms with Gasteiger partial charge in [0, 0.05) is 50.7 Å². The zero-order chi connectivity index (χ0) is 17.9. The van der Waals surface area contributed by atoms with Crippen LogP contribution in [0.5, 0.6) is 0 Å². The average molecular weight is 392 g/mol. The fourth-order valence-electron chi connectivity index (χ4n) is 3.89. The first-order valence-corrected chi connectivity index (χ1v) is 10.3. The number of nitrogens with zero attached hydrogens (tertiary/aromatic N) is 5. The van der Waals surface area contributed by atoms with E-state index >= 15 is 0 Å². The highest BCUT2D eigenvalue weighted by molar-refractivity contribution is 7.71. The Bertz CT molecular complexity index is 807. The third-order valence-corrected chi connectivity index (χ3v) is 6.04. The van der Waals surface area contributed by atoms with Crippen LogP contribution < -0.4 is 0 Å². The summed E-state index contributed by atoms with van der Waals surface area (Å²) in [6.45, 7) is 7.02. The van der Waals surface area contributed by atoms with Gasteiger partial charge < -0.3 is 4.57 Å². The standard InChI is InChI=1S/C19H26ClN5S/c20-17-6-4-5-16(13-17)14-22-9-11-23(12-10-22)15-25-19(26)24-8-3-1-2-7-18(24)21-25/h4-6,13H,1-3,7-12,14-15H2. The van der Waals surface area contributed by atoms with Crippen molar-refractivity contribution < 1.29 is 0 Å². The van der Waals surface area contributed by atoms with Crippen molar-refractivity contribution in [2.75, 3.05) is 26.2 Å². The molecule has 0 bridgehead atoms. The number of rotatable bonds is 4. The molecule has 2 aromatic rings. The summed E-state index contributed by atoms with van der Waals surface area (Å²) in [5.41, 5.74) is 1.28. The van der Waals surface area contributed by atoms with E-state index in [0.29, 0.717) is 0 Å². The van der Waals surface area contributed by atoms with Crippen LogP contribution in [0.2, 0.25) is 5.02 Å². The number of fused-ring (bicyclic) bond motifs is 1. The molecule has 1 fully saturated rings. The van der Waals surface area contributed by atoms with Crippen molar-refractivity contribution in [3.63, 3.8) is 0 Å². The maximum Gasteiger partial charge on any atom is 0.199 e. The Hall–Kier alpha value is -1.21. The Morgan fingerprint density at radius 2 is 1.81 bits per heavy atom. The number of aryl methyl sites for hydroxylation is 1. The molecule has 2 aliphatic rings. The summed E-state index contributed by atoms with van der Waals surface area (Å²) in [7, 11) is 0. The monoisotopic (exact) mass is 391 g/mol. The number of aromatic nitrogens is 3. The lowest BCUT2D eigenvalue weighted by Crippen LogP contribution is -2.46. The smallest absolute Gasteiger partial charge is 0.199 e. The van der Waals surface area contributed by atoms with Crippen LogP contribution in [0, 0.1) is 4.77 Å². The van der Waals surface area contributed by atoms with Crippen LogP contribution in [0.15, 0.2) is 24.3 Å². The molecule has 3 heterocycles. The zero-order valence-corrected chi connectivity index (χ0v) is 16.7. The van der Waals surface area contributed by atoms with Crippen LogP contribution in [0.3, 0.4) is 0 Å². The van der Waals surface area contributed by atoms with Gasteiger partial charge in [-0.3, -0.25) is 9.80 Å². The van der Waals surface area contributed by atoms with Gasteiger partial charge >= 0.3 is 0 Å². The zero-order valence-electron chi connectivity index (χ0n) is 15.1. The summed E-state index contributed by atoms with van der Waals surface area (Å²) in [4.78, 5) is 4.95. The lowest BCUT2D eigenvalue weighted by molar-refractivity contribution is 0.0979. The van der Waals surface area contributed by atoms with Gasteiger partial charge in [0.1, 0.15) is 5.82 Å². The predicted molar refractivity (Wildman–Crippen MR) is 107 cm³/mol. The average Bonchev–Trinajstić information content (AvgIpc) is 2.80. The Labute approximate surface area is 165 Å². The molecular formula is C19H26ClN5S. The second-order valence-electron chi connectivity index (χ2n) is 7.33. The molecular weight excluding hydrogens is 366 g/mol. The van der Waals surface area contributed by atoms with Gasteiger partial charge in [-0.2, -0.15) is 5.10 Å². The fraction of sp³-hybridized carbons (Fsp3) is 0.579. The van der Waals surface area contributed by atoms with Gasteiger partial charge in [-0.15, -0.1) is 0 Å². The number of piperazine rings is 1. The molecule has 0 radical (unpaired) electrons. The molecule has 0 N–H and O–H groups in total. The molecule has 0 amide bonds. The van der Waals surface area contributed by atoms with Gasteiger partial charge in [-0.05, 0) is 42.8 Å². The third kappa shape index (κ3) is 4.19. The molecule has 140 valence electrons. The van der Waals surface area contributed by atoms with E-state index in [1.807, 2.05) is 16.8 Å². The molecule has 5 nitrogen and oxygen atoms in total. The first kappa shape index (κ1) is 18.2. The van der Waals surface area contributed by atoms with Crippen LogP contribution in [-0.2, 0) is 26.2 Å². The predicted octanol–water partition coefficient (Wildman–Crippen LogP) is 3.57. The minimum Gasteiger partial charge on any atom is -0.304 e. The van der Waals surface area contributed by atoms with Crippen molar-refractivity contribution in [1.29, 1.82) is 0 Å². The first-order valence-electron chi connectivity index (χ1n) is 9.55. The van der Waals surface area contributed by atoms with Crippen molar-refractivity contribution in [2.45, 2.75) is 45.4 Å². The Morgan fingerprint density at radius 3 is 2.62 bits per heavy atom. The molecule has 7 heteroatoms. The van der Waals surface area contributed by atoms with E-state index in [-0.39, 0.29) is 0 Å². The molecule has 1 saturated heterocycles. The van der Waals surface area contributed by atoms with E-state index in [1.54, 1.807) is 0 Å². The van der Waals surface area contributed by atoms with Crippen LogP contribution in [-0.4, -0.2) is 50.3 Å². The molecule has 1 aromatic carbocycles. The topological polar surface area (TPSA) is 29.2 Å². The SMILES string of the molecule is S=c1n(CN2CCN(Cc3cccc(Cl)c3)CC2)nc2n1CCCCC2. The highest BCUT2D eigenvalue weighted by Gasteiger charge is 2.19. The summed E-state index contributed by atoms with van der Waals surface area (Å²) in [6.07, 6.45) is 4.79. The molecule has 0 spiro atoms. The second-order valence-corrected chi connectivity index (χ2v) is 8.13. The highest BCUT2D eigenvalue weighted by Crippen LogP contribution is 2.16. The molecule has 0 unspecified atom stereocenters. The van der Waals surface area contributed by atoms with Crippen LogP contribution in [0.1, 0.15) is 30.7 Å². The van der Waals surface area contributed by atoms with Crippen LogP contribution in [0.4, 0.5) is 0 Å². The number of hydrogen-bond donors (Lipinski definition) is 0. The third-order valence-electron chi connectivity index (χ3n) is 5.38. The van der Waals surface area contributed by atoms with E-state index in [0.717, 1.165) is 62.2 Å². The summed E-state index contributed by atoms with van der Waals surface area (Å²) in [5.74, 6) is 1.17. The highest BCUT2D eigenvalue weighted by atomic mass is 35.5. The first-order chi connectivity index (χ1) is 12.7. The Balaban J connectivity index is 1.33. The summed E-state index contributed by atoms with van der Waals surface area (Å²) in [5, 5.41) is 5.62. The van der Waals surface area contributed by atoms with Gasteiger partial charge in [0.15, 0.2) is 4.77 Å². The van der Waals surface area contributed by atoms with Gasteiger partial charge in [0.05, 0.1) is 6.67 Å². The molecule has 0 aliphatic carbocycles. The van der Waals surface area contributed by atoms with Crippen molar-refractivity contribution >= 4 is 23.8 Å². The van der Waals surface area contributed by atoms with Gasteiger partial charge in [-0.1, -0.05) is 30.2 Å². The van der Waals surface area contributed by atoms with E-state index in [1.165, 1.54) is 30.7 Å². The van der Waals surface area contributed by atoms with Crippen molar-refractivity contribution in [2.24, 2.45) is 0 Å². The van der Waals surface area contributed by atoms with Crippen molar-refractivity contribution in [3.05, 3.63) is 45.4 Å². The minimum atomic E-state index is 0.809. The molecule has 0 saturated carbocycles. The number of hydrogen-bond acceptors (Lipinski definition) is 4. The van der Waals surface area contributed by atoms with E-state index in [4.69, 9.17) is 28.9 Å². The van der Waals surface area contributed by atoms with Crippen molar-refractivity contribution in [1.82, 2.24) is 24.1 Å².